The van der Waals surface area contributed by atoms with Crippen LogP contribution in [0.15, 0.2) is 42.5 Å². The summed E-state index contributed by atoms with van der Waals surface area (Å²) in [6.45, 7) is 4.42. The van der Waals surface area contributed by atoms with Crippen molar-refractivity contribution < 1.29 is 5.11 Å². The zero-order valence-electron chi connectivity index (χ0n) is 10.7. The van der Waals surface area contributed by atoms with Crippen molar-refractivity contribution in [2.24, 2.45) is 5.92 Å². The lowest BCUT2D eigenvalue weighted by Gasteiger charge is -2.08. The number of aromatic hydroxyl groups is 1. The SMILES string of the molecule is CC(C)Cc1cccc(-c2ccc(O)c(Cl)c2)c1. The summed E-state index contributed by atoms with van der Waals surface area (Å²) in [7, 11) is 0. The molecule has 18 heavy (non-hydrogen) atoms. The summed E-state index contributed by atoms with van der Waals surface area (Å²) in [5.41, 5.74) is 3.49. The summed E-state index contributed by atoms with van der Waals surface area (Å²) in [6, 6.07) is 13.8. The smallest absolute Gasteiger partial charge is 0.134 e. The molecule has 0 unspecified atom stereocenters. The maximum absolute atomic E-state index is 9.43. The van der Waals surface area contributed by atoms with Gasteiger partial charge in [-0.3, -0.25) is 0 Å². The second kappa shape index (κ2) is 5.45. The Hall–Kier alpha value is -1.47. The molecule has 2 heteroatoms. The normalized spacial score (nSPS) is 10.9. The minimum Gasteiger partial charge on any atom is -0.506 e. The van der Waals surface area contributed by atoms with Gasteiger partial charge in [-0.1, -0.05) is 55.8 Å². The maximum atomic E-state index is 9.43. The molecule has 0 spiro atoms. The topological polar surface area (TPSA) is 20.2 Å². The second-order valence-corrected chi connectivity index (χ2v) is 5.37. The lowest BCUT2D eigenvalue weighted by molar-refractivity contribution is 0.475. The molecule has 0 atom stereocenters. The van der Waals surface area contributed by atoms with E-state index in [0.29, 0.717) is 10.9 Å². The molecule has 0 amide bonds. The summed E-state index contributed by atoms with van der Waals surface area (Å²) < 4.78 is 0. The van der Waals surface area contributed by atoms with Gasteiger partial charge in [0, 0.05) is 0 Å². The Morgan fingerprint density at radius 2 is 1.78 bits per heavy atom. The first-order valence-electron chi connectivity index (χ1n) is 6.14. The van der Waals surface area contributed by atoms with E-state index in [1.54, 1.807) is 12.1 Å². The third-order valence-electron chi connectivity index (χ3n) is 2.85. The van der Waals surface area contributed by atoms with Crippen LogP contribution in [0.5, 0.6) is 5.75 Å². The van der Waals surface area contributed by atoms with Gasteiger partial charge >= 0.3 is 0 Å². The lowest BCUT2D eigenvalue weighted by Crippen LogP contribution is -1.93. The first-order chi connectivity index (χ1) is 8.56. The molecule has 0 aliphatic carbocycles. The van der Waals surface area contributed by atoms with E-state index in [4.69, 9.17) is 11.6 Å². The number of hydrogen-bond acceptors (Lipinski definition) is 1. The predicted molar refractivity (Wildman–Crippen MR) is 77.1 cm³/mol. The fourth-order valence-electron chi connectivity index (χ4n) is 2.04. The molecule has 0 aliphatic rings. The van der Waals surface area contributed by atoms with Gasteiger partial charge in [-0.05, 0) is 41.2 Å². The largest absolute Gasteiger partial charge is 0.506 e. The van der Waals surface area contributed by atoms with E-state index in [1.165, 1.54) is 5.56 Å². The van der Waals surface area contributed by atoms with Gasteiger partial charge in [-0.15, -0.1) is 0 Å². The van der Waals surface area contributed by atoms with E-state index >= 15 is 0 Å². The molecule has 1 nitrogen and oxygen atoms in total. The fourth-order valence-corrected chi connectivity index (χ4v) is 2.22. The van der Waals surface area contributed by atoms with Gasteiger partial charge in [0.05, 0.1) is 5.02 Å². The molecule has 0 saturated carbocycles. The van der Waals surface area contributed by atoms with Crippen molar-refractivity contribution in [3.63, 3.8) is 0 Å². The minimum atomic E-state index is 0.124. The van der Waals surface area contributed by atoms with Crippen molar-refractivity contribution in [1.29, 1.82) is 0 Å². The van der Waals surface area contributed by atoms with E-state index in [-0.39, 0.29) is 5.75 Å². The standard InChI is InChI=1S/C16H17ClO/c1-11(2)8-12-4-3-5-13(9-12)14-6-7-16(18)15(17)10-14/h3-7,9-11,18H,8H2,1-2H3. The summed E-state index contributed by atoms with van der Waals surface area (Å²) >= 11 is 5.94. The van der Waals surface area contributed by atoms with Crippen molar-refractivity contribution in [2.75, 3.05) is 0 Å². The van der Waals surface area contributed by atoms with E-state index in [9.17, 15) is 5.11 Å². The van der Waals surface area contributed by atoms with Gasteiger partial charge in [-0.25, -0.2) is 0 Å². The summed E-state index contributed by atoms with van der Waals surface area (Å²) in [6.07, 6.45) is 1.07. The molecule has 0 saturated heterocycles. The first kappa shape index (κ1) is 13.0. The van der Waals surface area contributed by atoms with Gasteiger partial charge in [0.2, 0.25) is 0 Å². The predicted octanol–water partition coefficient (Wildman–Crippen LogP) is 4.91. The van der Waals surface area contributed by atoms with Crippen LogP contribution in [-0.4, -0.2) is 5.11 Å². The molecule has 0 bridgehead atoms. The number of rotatable bonds is 3. The lowest BCUT2D eigenvalue weighted by atomic mass is 9.98. The Morgan fingerprint density at radius 1 is 1.06 bits per heavy atom. The Balaban J connectivity index is 2.35. The van der Waals surface area contributed by atoms with E-state index in [2.05, 4.69) is 38.1 Å². The zero-order valence-corrected chi connectivity index (χ0v) is 11.4. The zero-order chi connectivity index (χ0) is 13.1. The van der Waals surface area contributed by atoms with Crippen LogP contribution in [-0.2, 0) is 6.42 Å². The van der Waals surface area contributed by atoms with E-state index < -0.39 is 0 Å². The highest BCUT2D eigenvalue weighted by molar-refractivity contribution is 6.32. The van der Waals surface area contributed by atoms with E-state index in [0.717, 1.165) is 17.5 Å². The quantitative estimate of drug-likeness (QED) is 0.831. The van der Waals surface area contributed by atoms with E-state index in [1.807, 2.05) is 6.07 Å². The Labute approximate surface area is 113 Å². The summed E-state index contributed by atoms with van der Waals surface area (Å²) in [4.78, 5) is 0. The maximum Gasteiger partial charge on any atom is 0.134 e. The average molecular weight is 261 g/mol. The fraction of sp³-hybridized carbons (Fsp3) is 0.250. The Bertz CT molecular complexity index is 547. The number of halogens is 1. The third kappa shape index (κ3) is 3.05. The van der Waals surface area contributed by atoms with Gasteiger partial charge < -0.3 is 5.11 Å². The van der Waals surface area contributed by atoms with Crippen LogP contribution in [0, 0.1) is 5.92 Å². The molecule has 0 fully saturated rings. The van der Waals surface area contributed by atoms with Crippen molar-refractivity contribution >= 4 is 11.6 Å². The highest BCUT2D eigenvalue weighted by atomic mass is 35.5. The van der Waals surface area contributed by atoms with Crippen LogP contribution in [0.25, 0.3) is 11.1 Å². The van der Waals surface area contributed by atoms with Crippen molar-refractivity contribution in [3.05, 3.63) is 53.1 Å². The Morgan fingerprint density at radius 3 is 2.44 bits per heavy atom. The molecule has 0 aromatic heterocycles. The second-order valence-electron chi connectivity index (χ2n) is 4.96. The molecule has 0 heterocycles. The van der Waals surface area contributed by atoms with Crippen LogP contribution in [0.4, 0.5) is 0 Å². The monoisotopic (exact) mass is 260 g/mol. The molecule has 0 aliphatic heterocycles. The van der Waals surface area contributed by atoms with Gasteiger partial charge in [0.15, 0.2) is 0 Å². The van der Waals surface area contributed by atoms with Crippen LogP contribution >= 0.6 is 11.6 Å². The number of phenolic OH excluding ortho intramolecular Hbond substituents is 1. The summed E-state index contributed by atoms with van der Waals surface area (Å²) in [5.74, 6) is 0.766. The highest BCUT2D eigenvalue weighted by Gasteiger charge is 2.04. The molecule has 2 aromatic carbocycles. The molecule has 0 radical (unpaired) electrons. The number of phenols is 1. The number of benzene rings is 2. The van der Waals surface area contributed by atoms with Crippen LogP contribution in [0.2, 0.25) is 5.02 Å². The van der Waals surface area contributed by atoms with Crippen LogP contribution in [0.3, 0.4) is 0 Å². The third-order valence-corrected chi connectivity index (χ3v) is 3.15. The molecular formula is C16H17ClO. The molecule has 2 aromatic rings. The molecule has 2 rings (SSSR count). The van der Waals surface area contributed by atoms with Crippen molar-refractivity contribution in [1.82, 2.24) is 0 Å². The molecular weight excluding hydrogens is 244 g/mol. The Kier molecular flexibility index (Phi) is 3.93. The molecule has 1 N–H and O–H groups in total. The van der Waals surface area contributed by atoms with Gasteiger partial charge in [0.1, 0.15) is 5.75 Å². The van der Waals surface area contributed by atoms with Crippen molar-refractivity contribution in [3.8, 4) is 16.9 Å². The van der Waals surface area contributed by atoms with Crippen LogP contribution < -0.4 is 0 Å². The first-order valence-corrected chi connectivity index (χ1v) is 6.52. The highest BCUT2D eigenvalue weighted by Crippen LogP contribution is 2.29. The minimum absolute atomic E-state index is 0.124. The van der Waals surface area contributed by atoms with Crippen LogP contribution in [0.1, 0.15) is 19.4 Å². The molecule has 94 valence electrons. The summed E-state index contributed by atoms with van der Waals surface area (Å²) in [5, 5.41) is 9.82. The average Bonchev–Trinajstić information content (AvgIpc) is 2.32. The van der Waals surface area contributed by atoms with Gasteiger partial charge in [0.25, 0.3) is 0 Å². The van der Waals surface area contributed by atoms with Gasteiger partial charge in [-0.2, -0.15) is 0 Å². The van der Waals surface area contributed by atoms with Crippen molar-refractivity contribution in [2.45, 2.75) is 20.3 Å². The number of hydrogen-bond donors (Lipinski definition) is 1.